The van der Waals surface area contributed by atoms with Crippen molar-refractivity contribution in [1.29, 1.82) is 0 Å². The Morgan fingerprint density at radius 2 is 1.31 bits per heavy atom. The maximum Gasteiger partial charge on any atom is 0.412 e. The highest BCUT2D eigenvalue weighted by Gasteiger charge is 2.18. The van der Waals surface area contributed by atoms with Crippen LogP contribution in [0, 0.1) is 0 Å². The first-order chi connectivity index (χ1) is 19.1. The molecule has 4 aromatic rings. The second kappa shape index (κ2) is 14.2. The lowest BCUT2D eigenvalue weighted by atomic mass is 10.1. The maximum absolute atomic E-state index is 12.5. The van der Waals surface area contributed by atoms with Gasteiger partial charge in [0.05, 0.1) is 19.8 Å². The molecular weight excluding hydrogens is 494 g/mol. The number of hydrogen-bond acceptors (Lipinski definition) is 6. The fourth-order valence-electron chi connectivity index (χ4n) is 3.97. The number of amides is 1. The molecular formula is C32H31NO6. The van der Waals surface area contributed by atoms with Gasteiger partial charge in [0, 0.05) is 35.8 Å². The van der Waals surface area contributed by atoms with Gasteiger partial charge in [-0.15, -0.1) is 0 Å². The average molecular weight is 526 g/mol. The SMILES string of the molecule is C=CC(=O)OCCNC(=O)Oc1cc(OCCc2ccccc2)c(OCCc2ccccc2)c2ccccc12. The van der Waals surface area contributed by atoms with Crippen molar-refractivity contribution in [2.45, 2.75) is 12.8 Å². The third-order valence-corrected chi connectivity index (χ3v) is 5.88. The van der Waals surface area contributed by atoms with Crippen molar-refractivity contribution in [3.05, 3.63) is 115 Å². The minimum atomic E-state index is -0.678. The van der Waals surface area contributed by atoms with Gasteiger partial charge in [0.1, 0.15) is 12.4 Å². The number of esters is 1. The van der Waals surface area contributed by atoms with Crippen molar-refractivity contribution in [2.75, 3.05) is 26.4 Å². The van der Waals surface area contributed by atoms with E-state index >= 15 is 0 Å². The van der Waals surface area contributed by atoms with Gasteiger partial charge in [-0.2, -0.15) is 0 Å². The summed E-state index contributed by atoms with van der Waals surface area (Å²) < 4.78 is 23.0. The molecule has 0 atom stereocenters. The van der Waals surface area contributed by atoms with E-state index in [1.54, 1.807) is 6.07 Å². The Kier molecular flexibility index (Phi) is 9.95. The molecule has 0 aliphatic rings. The number of nitrogens with one attached hydrogen (secondary N) is 1. The molecule has 39 heavy (non-hydrogen) atoms. The first-order valence-corrected chi connectivity index (χ1v) is 12.8. The normalized spacial score (nSPS) is 10.5. The van der Waals surface area contributed by atoms with E-state index in [4.69, 9.17) is 18.9 Å². The van der Waals surface area contributed by atoms with Crippen molar-refractivity contribution in [3.63, 3.8) is 0 Å². The summed E-state index contributed by atoms with van der Waals surface area (Å²) in [4.78, 5) is 23.7. The second-order valence-electron chi connectivity index (χ2n) is 8.60. The molecule has 0 bridgehead atoms. The fourth-order valence-corrected chi connectivity index (χ4v) is 3.97. The zero-order valence-corrected chi connectivity index (χ0v) is 21.6. The van der Waals surface area contributed by atoms with Crippen molar-refractivity contribution >= 4 is 22.8 Å². The number of carbonyl (C=O) groups excluding carboxylic acids is 2. The number of benzene rings is 4. The van der Waals surface area contributed by atoms with E-state index in [1.807, 2.05) is 72.8 Å². The molecule has 0 aromatic heterocycles. The van der Waals surface area contributed by atoms with Crippen LogP contribution in [0.3, 0.4) is 0 Å². The minimum Gasteiger partial charge on any atom is -0.489 e. The molecule has 0 saturated heterocycles. The number of hydrogen-bond donors (Lipinski definition) is 1. The van der Waals surface area contributed by atoms with Gasteiger partial charge in [-0.05, 0) is 11.1 Å². The van der Waals surface area contributed by atoms with Crippen molar-refractivity contribution in [3.8, 4) is 17.2 Å². The Morgan fingerprint density at radius 1 is 0.718 bits per heavy atom. The van der Waals surface area contributed by atoms with Gasteiger partial charge in [0.25, 0.3) is 0 Å². The van der Waals surface area contributed by atoms with E-state index in [9.17, 15) is 9.59 Å². The van der Waals surface area contributed by atoms with Crippen LogP contribution in [0.4, 0.5) is 4.79 Å². The van der Waals surface area contributed by atoms with Crippen LogP contribution in [0.2, 0.25) is 0 Å². The molecule has 0 spiro atoms. The molecule has 0 aliphatic carbocycles. The molecule has 4 rings (SSSR count). The van der Waals surface area contributed by atoms with Crippen LogP contribution in [-0.4, -0.2) is 38.4 Å². The highest BCUT2D eigenvalue weighted by molar-refractivity contribution is 5.96. The molecule has 0 fully saturated rings. The average Bonchev–Trinajstić information content (AvgIpc) is 2.97. The Morgan fingerprint density at radius 3 is 1.95 bits per heavy atom. The van der Waals surface area contributed by atoms with Crippen molar-refractivity contribution < 1.29 is 28.5 Å². The van der Waals surface area contributed by atoms with Gasteiger partial charge in [-0.1, -0.05) is 91.5 Å². The topological polar surface area (TPSA) is 83.1 Å². The van der Waals surface area contributed by atoms with Gasteiger partial charge < -0.3 is 24.3 Å². The molecule has 1 N–H and O–H groups in total. The summed E-state index contributed by atoms with van der Waals surface area (Å²) in [5.74, 6) is 0.853. The summed E-state index contributed by atoms with van der Waals surface area (Å²) >= 11 is 0. The Bertz CT molecular complexity index is 1390. The fraction of sp³-hybridized carbons (Fsp3) is 0.188. The molecule has 0 radical (unpaired) electrons. The third-order valence-electron chi connectivity index (χ3n) is 5.88. The Balaban J connectivity index is 1.53. The number of rotatable bonds is 13. The van der Waals surface area contributed by atoms with E-state index in [2.05, 4.69) is 24.0 Å². The smallest absolute Gasteiger partial charge is 0.412 e. The minimum absolute atomic E-state index is 0.00272. The number of fused-ring (bicyclic) bond motifs is 1. The molecule has 7 heteroatoms. The van der Waals surface area contributed by atoms with Crippen LogP contribution in [0.1, 0.15) is 11.1 Å². The first-order valence-electron chi connectivity index (χ1n) is 12.8. The molecule has 4 aromatic carbocycles. The molecule has 0 saturated carbocycles. The van der Waals surface area contributed by atoms with Crippen LogP contribution in [0.15, 0.2) is 104 Å². The molecule has 200 valence electrons. The summed E-state index contributed by atoms with van der Waals surface area (Å²) in [5, 5.41) is 4.06. The monoisotopic (exact) mass is 525 g/mol. The van der Waals surface area contributed by atoms with Crippen LogP contribution >= 0.6 is 0 Å². The van der Waals surface area contributed by atoms with Crippen molar-refractivity contribution in [1.82, 2.24) is 5.32 Å². The lowest BCUT2D eigenvalue weighted by Gasteiger charge is -2.18. The quantitative estimate of drug-likeness (QED) is 0.133. The van der Waals surface area contributed by atoms with E-state index in [0.717, 1.165) is 23.4 Å². The van der Waals surface area contributed by atoms with Gasteiger partial charge in [-0.25, -0.2) is 9.59 Å². The van der Waals surface area contributed by atoms with Gasteiger partial charge in [-0.3, -0.25) is 0 Å². The summed E-state index contributed by atoms with van der Waals surface area (Å²) in [5.41, 5.74) is 2.32. The molecule has 0 aliphatic heterocycles. The van der Waals surface area contributed by atoms with E-state index in [1.165, 1.54) is 5.56 Å². The van der Waals surface area contributed by atoms with E-state index in [-0.39, 0.29) is 13.2 Å². The Labute approximate surface area is 228 Å². The summed E-state index contributed by atoms with van der Waals surface area (Å²) in [6.07, 6.45) is 1.82. The summed E-state index contributed by atoms with van der Waals surface area (Å²) in [6.45, 7) is 4.30. The Hall–Kier alpha value is -4.78. The van der Waals surface area contributed by atoms with Crippen LogP contribution in [-0.2, 0) is 22.4 Å². The van der Waals surface area contributed by atoms with Crippen LogP contribution in [0.5, 0.6) is 17.2 Å². The lowest BCUT2D eigenvalue weighted by Crippen LogP contribution is -2.30. The molecule has 1 amide bonds. The molecule has 0 heterocycles. The van der Waals surface area contributed by atoms with Crippen LogP contribution in [0.25, 0.3) is 10.8 Å². The predicted molar refractivity (Wildman–Crippen MR) is 150 cm³/mol. The summed E-state index contributed by atoms with van der Waals surface area (Å²) in [6, 6.07) is 29.4. The van der Waals surface area contributed by atoms with Crippen molar-refractivity contribution in [2.24, 2.45) is 0 Å². The van der Waals surface area contributed by atoms with Gasteiger partial charge in [0.2, 0.25) is 0 Å². The highest BCUT2D eigenvalue weighted by atomic mass is 16.6. The second-order valence-corrected chi connectivity index (χ2v) is 8.60. The summed E-state index contributed by atoms with van der Waals surface area (Å²) in [7, 11) is 0. The lowest BCUT2D eigenvalue weighted by molar-refractivity contribution is -0.137. The van der Waals surface area contributed by atoms with Gasteiger partial charge >= 0.3 is 12.1 Å². The third kappa shape index (κ3) is 8.10. The predicted octanol–water partition coefficient (Wildman–Crippen LogP) is 5.90. The largest absolute Gasteiger partial charge is 0.489 e. The molecule has 0 unspecified atom stereocenters. The zero-order valence-electron chi connectivity index (χ0n) is 21.6. The zero-order chi connectivity index (χ0) is 27.3. The maximum atomic E-state index is 12.5. The van der Waals surface area contributed by atoms with Crippen LogP contribution < -0.4 is 19.5 Å². The number of ether oxygens (including phenoxy) is 4. The standard InChI is InChI=1S/C32H31NO6/c1-2-30(34)37-22-19-33-32(35)39-28-23-29(36-20-17-24-11-5-3-6-12-24)31(27-16-10-9-15-26(27)28)38-21-18-25-13-7-4-8-14-25/h2-16,23H,1,17-22H2,(H,33,35). The highest BCUT2D eigenvalue weighted by Crippen LogP contribution is 2.42. The van der Waals surface area contributed by atoms with Gasteiger partial charge in [0.15, 0.2) is 11.5 Å². The van der Waals surface area contributed by atoms with E-state index < -0.39 is 12.1 Å². The van der Waals surface area contributed by atoms with E-state index in [0.29, 0.717) is 42.3 Å². The first kappa shape index (κ1) is 27.3. The molecule has 7 nitrogen and oxygen atoms in total. The number of carbonyl (C=O) groups is 2.